The zero-order chi connectivity index (χ0) is 36.3. The summed E-state index contributed by atoms with van der Waals surface area (Å²) in [5.74, 6) is -0.450. The van der Waals surface area contributed by atoms with Crippen LogP contribution in [-0.4, -0.2) is 68.7 Å². The van der Waals surface area contributed by atoms with Gasteiger partial charge in [-0.05, 0) is 48.7 Å². The van der Waals surface area contributed by atoms with Crippen molar-refractivity contribution in [2.45, 2.75) is 44.4 Å². The Morgan fingerprint density at radius 2 is 1.86 bits per heavy atom. The summed E-state index contributed by atoms with van der Waals surface area (Å²) in [5.41, 5.74) is 14.3. The molecule has 0 bridgehead atoms. The third-order valence-corrected chi connectivity index (χ3v) is 9.44. The van der Waals surface area contributed by atoms with E-state index in [0.717, 1.165) is 6.07 Å². The molecular formula is C33H36F3N8O6P. The number of hydrogen-bond acceptors (Lipinski definition) is 12. The zero-order valence-corrected chi connectivity index (χ0v) is 28.6. The van der Waals surface area contributed by atoms with E-state index >= 15 is 4.39 Å². The highest BCUT2D eigenvalue weighted by Crippen LogP contribution is 2.47. The molecule has 6 rings (SSSR count). The molecule has 5 N–H and O–H groups in total. The van der Waals surface area contributed by atoms with Crippen molar-refractivity contribution >= 4 is 30.5 Å². The Morgan fingerprint density at radius 1 is 1.08 bits per heavy atom. The van der Waals surface area contributed by atoms with Crippen LogP contribution in [0.1, 0.15) is 30.4 Å². The monoisotopic (exact) mass is 728 g/mol. The van der Waals surface area contributed by atoms with E-state index in [2.05, 4.69) is 19.9 Å². The Labute approximate surface area is 290 Å². The van der Waals surface area contributed by atoms with E-state index in [0.29, 0.717) is 53.1 Å². The van der Waals surface area contributed by atoms with E-state index in [-0.39, 0.29) is 42.5 Å². The number of nitrogens with two attached hydrogens (primary N) is 2. The summed E-state index contributed by atoms with van der Waals surface area (Å²) in [4.78, 5) is 29.5. The predicted molar refractivity (Wildman–Crippen MR) is 182 cm³/mol. The van der Waals surface area contributed by atoms with Crippen molar-refractivity contribution in [3.63, 3.8) is 0 Å². The van der Waals surface area contributed by atoms with Gasteiger partial charge < -0.3 is 34.9 Å². The lowest BCUT2D eigenvalue weighted by Crippen LogP contribution is -2.55. The second kappa shape index (κ2) is 14.7. The fourth-order valence-electron chi connectivity index (χ4n) is 6.15. The molecule has 270 valence electrons. The van der Waals surface area contributed by atoms with Crippen LogP contribution >= 0.6 is 7.82 Å². The number of halogens is 3. The number of alkyl halides is 2. The van der Waals surface area contributed by atoms with Gasteiger partial charge >= 0.3 is 7.82 Å². The van der Waals surface area contributed by atoms with Gasteiger partial charge in [0.25, 0.3) is 0 Å². The van der Waals surface area contributed by atoms with Gasteiger partial charge in [0.1, 0.15) is 23.3 Å². The van der Waals surface area contributed by atoms with Gasteiger partial charge in [-0.3, -0.25) is 14.4 Å². The number of hydrogen-bond donors (Lipinski definition) is 3. The molecule has 4 heterocycles. The van der Waals surface area contributed by atoms with E-state index in [1.165, 1.54) is 39.0 Å². The number of pyridine rings is 1. The Balaban J connectivity index is 1.33. The molecule has 1 fully saturated rings. The Hall–Kier alpha value is -4.96. The molecule has 1 aliphatic heterocycles. The number of fused-ring (bicyclic) bond motifs is 1. The molecule has 2 aromatic carbocycles. The Bertz CT molecular complexity index is 2070. The van der Waals surface area contributed by atoms with Crippen LogP contribution in [0.4, 0.5) is 24.7 Å². The first-order valence-electron chi connectivity index (χ1n) is 15.8. The lowest BCUT2D eigenvalue weighted by atomic mass is 9.86. The molecule has 0 amide bonds. The van der Waals surface area contributed by atoms with Crippen molar-refractivity contribution in [1.82, 2.24) is 24.5 Å². The number of rotatable bonds is 13. The molecular weight excluding hydrogens is 692 g/mol. The predicted octanol–water partition coefficient (Wildman–Crippen LogP) is 5.32. The zero-order valence-electron chi connectivity index (χ0n) is 27.7. The Morgan fingerprint density at radius 3 is 2.57 bits per heavy atom. The fourth-order valence-corrected chi connectivity index (χ4v) is 6.91. The molecule has 14 nitrogen and oxygen atoms in total. The summed E-state index contributed by atoms with van der Waals surface area (Å²) >= 11 is 0. The second-order valence-electron chi connectivity index (χ2n) is 12.1. The van der Waals surface area contributed by atoms with Gasteiger partial charge in [0.15, 0.2) is 28.8 Å². The van der Waals surface area contributed by atoms with Crippen LogP contribution < -0.4 is 30.4 Å². The molecule has 5 aromatic rings. The average Bonchev–Trinajstić information content (AvgIpc) is 3.51. The van der Waals surface area contributed by atoms with Crippen LogP contribution in [0.5, 0.6) is 17.2 Å². The number of piperidine rings is 1. The number of benzene rings is 2. The van der Waals surface area contributed by atoms with Crippen LogP contribution in [0.25, 0.3) is 22.4 Å². The van der Waals surface area contributed by atoms with Gasteiger partial charge in [-0.1, -0.05) is 12.1 Å². The third kappa shape index (κ3) is 8.01. The summed E-state index contributed by atoms with van der Waals surface area (Å²) in [5, 5.41) is 0. The van der Waals surface area contributed by atoms with Crippen LogP contribution in [0, 0.1) is 5.82 Å². The first kappa shape index (κ1) is 35.9. The molecule has 0 radical (unpaired) electrons. The van der Waals surface area contributed by atoms with Gasteiger partial charge in [0, 0.05) is 36.2 Å². The number of methoxy groups -OCH3 is 2. The number of phosphoric acid groups is 1. The molecule has 18 heteroatoms. The van der Waals surface area contributed by atoms with Crippen molar-refractivity contribution in [3.8, 4) is 28.5 Å². The highest BCUT2D eigenvalue weighted by molar-refractivity contribution is 7.47. The maximum Gasteiger partial charge on any atom is 0.527 e. The van der Waals surface area contributed by atoms with Gasteiger partial charge in [-0.25, -0.2) is 32.7 Å². The smallest absolute Gasteiger partial charge is 0.497 e. The minimum atomic E-state index is -4.74. The molecule has 51 heavy (non-hydrogen) atoms. The van der Waals surface area contributed by atoms with E-state index < -0.39 is 37.8 Å². The van der Waals surface area contributed by atoms with Crippen molar-refractivity contribution in [2.75, 3.05) is 37.9 Å². The number of nitrogen functional groups attached to an aromatic ring is 1. The summed E-state index contributed by atoms with van der Waals surface area (Å²) in [7, 11) is -1.80. The standard InChI is InChI=1S/C33H36F3N8O6P/c1-47-22-7-4-20(5-8-22)16-49-51(45,46)50-26-9-6-21(12-24(26)34)28-30(48-2)23(15-44-19-42-29-31(37)40-18-41-32(29)44)25(14-39-28)43-11-3-10-33(38,17-43)13-27(35)36/h4-9,12,14,18-19,27H,3,10-11,13,15-17,38H2,1-2H3,(H,45,46)(H2,37,40,41)/t33-/m0/s1. The molecule has 0 saturated carbocycles. The first-order valence-corrected chi connectivity index (χ1v) is 17.3. The lowest BCUT2D eigenvalue weighted by Gasteiger charge is -2.42. The van der Waals surface area contributed by atoms with Crippen LogP contribution in [0.15, 0.2) is 61.3 Å². The van der Waals surface area contributed by atoms with Gasteiger partial charge in [0.05, 0.1) is 45.6 Å². The molecule has 2 atom stereocenters. The van der Waals surface area contributed by atoms with Crippen molar-refractivity contribution in [3.05, 3.63) is 78.3 Å². The van der Waals surface area contributed by atoms with Gasteiger partial charge in [-0.15, -0.1) is 0 Å². The molecule has 0 aliphatic carbocycles. The number of ether oxygens (including phenoxy) is 2. The summed E-state index contributed by atoms with van der Waals surface area (Å²) in [6, 6.07) is 10.3. The highest BCUT2D eigenvalue weighted by atomic mass is 31.2. The molecule has 1 aliphatic rings. The normalized spacial score (nSPS) is 17.5. The largest absolute Gasteiger partial charge is 0.527 e. The maximum absolute atomic E-state index is 15.5. The second-order valence-corrected chi connectivity index (χ2v) is 13.5. The minimum Gasteiger partial charge on any atom is -0.497 e. The quantitative estimate of drug-likeness (QED) is 0.132. The third-order valence-electron chi connectivity index (χ3n) is 8.56. The average molecular weight is 729 g/mol. The van der Waals surface area contributed by atoms with E-state index in [4.69, 9.17) is 30.0 Å². The van der Waals surface area contributed by atoms with Crippen LogP contribution in [0.3, 0.4) is 0 Å². The summed E-state index contributed by atoms with van der Waals surface area (Å²) < 4.78 is 78.1. The number of phosphoric ester groups is 1. The maximum atomic E-state index is 15.5. The summed E-state index contributed by atoms with van der Waals surface area (Å²) in [6.45, 7) is 0.494. The number of imidazole rings is 1. The summed E-state index contributed by atoms with van der Waals surface area (Å²) in [6.07, 6.45) is 2.35. The molecule has 1 saturated heterocycles. The number of aromatic nitrogens is 5. The topological polar surface area (TPSA) is 186 Å². The van der Waals surface area contributed by atoms with Crippen LogP contribution in [0.2, 0.25) is 0 Å². The fraction of sp³-hybridized carbons (Fsp3) is 0.333. The van der Waals surface area contributed by atoms with Crippen molar-refractivity contribution in [1.29, 1.82) is 0 Å². The lowest BCUT2D eigenvalue weighted by molar-refractivity contribution is 0.0983. The van der Waals surface area contributed by atoms with Crippen molar-refractivity contribution < 1.29 is 41.2 Å². The number of nitrogens with zero attached hydrogens (tertiary/aromatic N) is 6. The molecule has 0 spiro atoms. The van der Waals surface area contributed by atoms with Gasteiger partial charge in [0.2, 0.25) is 6.43 Å². The van der Waals surface area contributed by atoms with E-state index in [1.54, 1.807) is 35.0 Å². The number of anilines is 2. The van der Waals surface area contributed by atoms with Crippen LogP contribution in [-0.2, 0) is 22.2 Å². The Kier molecular flexibility index (Phi) is 10.3. The molecule has 1 unspecified atom stereocenters. The van der Waals surface area contributed by atoms with Gasteiger partial charge in [-0.2, -0.15) is 0 Å². The van der Waals surface area contributed by atoms with E-state index in [9.17, 15) is 18.2 Å². The highest BCUT2D eigenvalue weighted by Gasteiger charge is 2.36. The van der Waals surface area contributed by atoms with E-state index in [1.807, 2.05) is 4.90 Å². The molecule has 3 aromatic heterocycles. The first-order chi connectivity index (χ1) is 24.4. The van der Waals surface area contributed by atoms with Crippen molar-refractivity contribution in [2.24, 2.45) is 5.73 Å². The minimum absolute atomic E-state index is 0.118. The SMILES string of the molecule is COc1ccc(COP(=O)(O)Oc2ccc(-c3ncc(N4CCC[C@](N)(CC(F)F)C4)c(Cn4cnc5c(N)ncnc54)c3OC)cc2F)cc1.